The van der Waals surface area contributed by atoms with Gasteiger partial charge in [-0.1, -0.05) is 27.2 Å². The molecule has 2 atom stereocenters. The fraction of sp³-hybridized carbons (Fsp3) is 0.500. The molecule has 108 valence electrons. The summed E-state index contributed by atoms with van der Waals surface area (Å²) in [6.45, 7) is 6.81. The highest BCUT2D eigenvalue weighted by atomic mass is 15.3. The number of benzene rings is 1. The predicted molar refractivity (Wildman–Crippen MR) is 83.1 cm³/mol. The number of nitrogens with one attached hydrogen (secondary N) is 1. The lowest BCUT2D eigenvalue weighted by Gasteiger charge is -2.21. The van der Waals surface area contributed by atoms with Crippen LogP contribution in [0.3, 0.4) is 0 Å². The Morgan fingerprint density at radius 2 is 1.90 bits per heavy atom. The molecule has 2 rings (SSSR count). The van der Waals surface area contributed by atoms with Crippen LogP contribution >= 0.6 is 0 Å². The number of anilines is 1. The van der Waals surface area contributed by atoms with Crippen LogP contribution in [0.15, 0.2) is 36.9 Å². The fourth-order valence-electron chi connectivity index (χ4n) is 2.27. The molecule has 1 aromatic heterocycles. The third kappa shape index (κ3) is 3.83. The van der Waals surface area contributed by atoms with E-state index in [9.17, 15) is 0 Å². The summed E-state index contributed by atoms with van der Waals surface area (Å²) in [6, 6.07) is 8.88. The minimum absolute atomic E-state index is 0.544. The van der Waals surface area contributed by atoms with Crippen molar-refractivity contribution in [1.29, 1.82) is 0 Å². The van der Waals surface area contributed by atoms with Crippen LogP contribution < -0.4 is 5.32 Å². The minimum atomic E-state index is 0.544. The lowest BCUT2D eigenvalue weighted by molar-refractivity contribution is 0.462. The average molecular weight is 272 g/mol. The van der Waals surface area contributed by atoms with E-state index in [1.54, 1.807) is 17.3 Å². The van der Waals surface area contributed by atoms with E-state index in [4.69, 9.17) is 0 Å². The maximum atomic E-state index is 4.13. The first-order valence-corrected chi connectivity index (χ1v) is 7.44. The fourth-order valence-corrected chi connectivity index (χ4v) is 2.27. The zero-order valence-electron chi connectivity index (χ0n) is 12.6. The molecule has 1 heterocycles. The highest BCUT2D eigenvalue weighted by molar-refractivity contribution is 5.48. The van der Waals surface area contributed by atoms with Gasteiger partial charge in [-0.15, -0.1) is 0 Å². The summed E-state index contributed by atoms with van der Waals surface area (Å²) in [7, 11) is 0. The van der Waals surface area contributed by atoms with Gasteiger partial charge < -0.3 is 5.32 Å². The Balaban J connectivity index is 1.99. The van der Waals surface area contributed by atoms with Gasteiger partial charge in [-0.3, -0.25) is 0 Å². The van der Waals surface area contributed by atoms with E-state index in [0.29, 0.717) is 6.04 Å². The van der Waals surface area contributed by atoms with Gasteiger partial charge in [-0.2, -0.15) is 5.10 Å². The van der Waals surface area contributed by atoms with E-state index >= 15 is 0 Å². The molecule has 0 saturated carbocycles. The molecule has 0 radical (unpaired) electrons. The van der Waals surface area contributed by atoms with Crippen LogP contribution in [-0.4, -0.2) is 20.8 Å². The normalized spacial score (nSPS) is 13.9. The van der Waals surface area contributed by atoms with Crippen molar-refractivity contribution in [1.82, 2.24) is 14.8 Å². The molecule has 0 amide bonds. The number of hydrogen-bond acceptors (Lipinski definition) is 3. The molecule has 0 aliphatic carbocycles. The first-order valence-electron chi connectivity index (χ1n) is 7.44. The molecule has 0 fully saturated rings. The van der Waals surface area contributed by atoms with Crippen molar-refractivity contribution in [2.75, 3.05) is 5.32 Å². The van der Waals surface area contributed by atoms with Crippen LogP contribution in [0.25, 0.3) is 5.69 Å². The summed E-state index contributed by atoms with van der Waals surface area (Å²) in [6.07, 6.45) is 6.86. The molecule has 0 aliphatic rings. The molecule has 0 saturated heterocycles. The van der Waals surface area contributed by atoms with E-state index in [1.165, 1.54) is 18.5 Å². The summed E-state index contributed by atoms with van der Waals surface area (Å²) in [4.78, 5) is 3.96. The third-order valence-electron chi connectivity index (χ3n) is 3.80. The molecule has 0 bridgehead atoms. The smallest absolute Gasteiger partial charge is 0.138 e. The summed E-state index contributed by atoms with van der Waals surface area (Å²) in [5.74, 6) is 0.766. The Labute approximate surface area is 121 Å². The van der Waals surface area contributed by atoms with Crippen LogP contribution in [0.1, 0.15) is 40.0 Å². The Morgan fingerprint density at radius 1 is 1.15 bits per heavy atom. The second-order valence-electron chi connectivity index (χ2n) is 5.39. The van der Waals surface area contributed by atoms with E-state index in [-0.39, 0.29) is 0 Å². The van der Waals surface area contributed by atoms with Gasteiger partial charge in [0.2, 0.25) is 0 Å². The molecule has 1 aromatic carbocycles. The van der Waals surface area contributed by atoms with Gasteiger partial charge in [0.15, 0.2) is 0 Å². The number of hydrogen-bond donors (Lipinski definition) is 1. The van der Waals surface area contributed by atoms with Crippen LogP contribution in [0.4, 0.5) is 5.69 Å². The molecule has 2 unspecified atom stereocenters. The summed E-state index contributed by atoms with van der Waals surface area (Å²) >= 11 is 0. The zero-order chi connectivity index (χ0) is 14.4. The largest absolute Gasteiger partial charge is 0.382 e. The van der Waals surface area contributed by atoms with Gasteiger partial charge in [-0.25, -0.2) is 9.67 Å². The van der Waals surface area contributed by atoms with Gasteiger partial charge in [0.1, 0.15) is 12.7 Å². The van der Waals surface area contributed by atoms with E-state index < -0.39 is 0 Å². The second kappa shape index (κ2) is 7.08. The van der Waals surface area contributed by atoms with Gasteiger partial charge in [0, 0.05) is 11.7 Å². The zero-order valence-corrected chi connectivity index (χ0v) is 12.6. The summed E-state index contributed by atoms with van der Waals surface area (Å²) < 4.78 is 1.76. The van der Waals surface area contributed by atoms with Gasteiger partial charge in [0.25, 0.3) is 0 Å². The van der Waals surface area contributed by atoms with Crippen LogP contribution in [-0.2, 0) is 0 Å². The maximum Gasteiger partial charge on any atom is 0.138 e. The maximum absolute atomic E-state index is 4.13. The van der Waals surface area contributed by atoms with Gasteiger partial charge in [0.05, 0.1) is 5.69 Å². The van der Waals surface area contributed by atoms with E-state index in [0.717, 1.165) is 18.0 Å². The van der Waals surface area contributed by atoms with Crippen molar-refractivity contribution in [3.05, 3.63) is 36.9 Å². The van der Waals surface area contributed by atoms with Gasteiger partial charge >= 0.3 is 0 Å². The SMILES string of the molecule is CCC(C)CC(CC)Nc1ccc(-n2cncn2)cc1. The molecule has 20 heavy (non-hydrogen) atoms. The Kier molecular flexibility index (Phi) is 5.16. The van der Waals surface area contributed by atoms with E-state index in [1.807, 2.05) is 0 Å². The Morgan fingerprint density at radius 3 is 2.45 bits per heavy atom. The Bertz CT molecular complexity index is 490. The van der Waals surface area contributed by atoms with Crippen molar-refractivity contribution in [3.8, 4) is 5.69 Å². The van der Waals surface area contributed by atoms with Crippen molar-refractivity contribution in [2.45, 2.75) is 46.1 Å². The molecule has 4 heteroatoms. The lowest BCUT2D eigenvalue weighted by Crippen LogP contribution is -2.21. The molecule has 1 N–H and O–H groups in total. The minimum Gasteiger partial charge on any atom is -0.382 e. The third-order valence-corrected chi connectivity index (χ3v) is 3.80. The lowest BCUT2D eigenvalue weighted by atomic mass is 9.97. The standard InChI is InChI=1S/C16H24N4/c1-4-13(3)10-14(5-2)19-15-6-8-16(9-7-15)20-12-17-11-18-20/h6-9,11-14,19H,4-5,10H2,1-3H3. The topological polar surface area (TPSA) is 42.7 Å². The molecule has 0 aliphatic heterocycles. The molecular formula is C16H24N4. The first kappa shape index (κ1) is 14.6. The first-order chi connectivity index (χ1) is 9.72. The quantitative estimate of drug-likeness (QED) is 0.831. The highest BCUT2D eigenvalue weighted by Crippen LogP contribution is 2.18. The number of rotatable bonds is 7. The van der Waals surface area contributed by atoms with Crippen LogP contribution in [0.2, 0.25) is 0 Å². The second-order valence-corrected chi connectivity index (χ2v) is 5.39. The highest BCUT2D eigenvalue weighted by Gasteiger charge is 2.10. The van der Waals surface area contributed by atoms with Crippen LogP contribution in [0, 0.1) is 5.92 Å². The summed E-state index contributed by atoms with van der Waals surface area (Å²) in [5, 5.41) is 7.75. The number of nitrogens with zero attached hydrogens (tertiary/aromatic N) is 3. The predicted octanol–water partition coefficient (Wildman–Crippen LogP) is 3.89. The summed E-state index contributed by atoms with van der Waals surface area (Å²) in [5.41, 5.74) is 2.20. The van der Waals surface area contributed by atoms with Gasteiger partial charge in [-0.05, 0) is 43.0 Å². The number of aromatic nitrogens is 3. The Hall–Kier alpha value is -1.84. The van der Waals surface area contributed by atoms with E-state index in [2.05, 4.69) is 60.4 Å². The van der Waals surface area contributed by atoms with Crippen molar-refractivity contribution < 1.29 is 0 Å². The van der Waals surface area contributed by atoms with Crippen LogP contribution in [0.5, 0.6) is 0 Å². The molecule has 2 aromatic rings. The molecule has 4 nitrogen and oxygen atoms in total. The van der Waals surface area contributed by atoms with Crippen molar-refractivity contribution >= 4 is 5.69 Å². The van der Waals surface area contributed by atoms with Crippen molar-refractivity contribution in [3.63, 3.8) is 0 Å². The monoisotopic (exact) mass is 272 g/mol. The molecular weight excluding hydrogens is 248 g/mol. The van der Waals surface area contributed by atoms with Crippen molar-refractivity contribution in [2.24, 2.45) is 5.92 Å². The molecule has 0 spiro atoms. The average Bonchev–Trinajstić information content (AvgIpc) is 3.01.